The zero-order valence-corrected chi connectivity index (χ0v) is 32.5. The summed E-state index contributed by atoms with van der Waals surface area (Å²) in [6.45, 7) is 7.06. The van der Waals surface area contributed by atoms with E-state index in [4.69, 9.17) is 5.11 Å². The van der Waals surface area contributed by atoms with Crippen LogP contribution in [0.25, 0.3) is 0 Å². The van der Waals surface area contributed by atoms with Crippen molar-refractivity contribution in [3.8, 4) is 0 Å². The highest BCUT2D eigenvalue weighted by Gasteiger charge is 2.36. The molecule has 0 radical (unpaired) electrons. The quantitative estimate of drug-likeness (QED) is 0.0473. The lowest BCUT2D eigenvalue weighted by molar-refractivity contribution is -0.142. The Bertz CT molecular complexity index is 1080. The average molecular weight is 741 g/mol. The maximum Gasteiger partial charge on any atom is 0.326 e. The molecule has 0 spiro atoms. The van der Waals surface area contributed by atoms with E-state index in [2.05, 4.69) is 17.6 Å². The molecule has 0 saturated carbocycles. The minimum Gasteiger partial charge on any atom is -0.481 e. The van der Waals surface area contributed by atoms with Crippen LogP contribution in [0.15, 0.2) is 0 Å². The van der Waals surface area contributed by atoms with E-state index in [1.54, 1.807) is 13.8 Å². The molecule has 0 aromatic carbocycles. The number of carbonyl (C=O) groups is 7. The van der Waals surface area contributed by atoms with Gasteiger partial charge in [-0.2, -0.15) is 0 Å². The van der Waals surface area contributed by atoms with E-state index < -0.39 is 59.9 Å². The standard InChI is InChI=1S/C40H69FN2O9/c1-5-7-8-9-10-11-12-13-14-15-16-17-18-22-36(47)43-33(40(51)52)24-25-35(46)42-27-20-19-21-31(30(4)44)28-34(45)32(23-26-37(48)49)38(41)39(50)29(3)6-2/h29,31-33,38H,5-28H2,1-4H3,(H,42,46)(H,43,47)(H,48,49)(H,51,52)/t29-,31-,32+,33?,38+/m1/s1. The van der Waals surface area contributed by atoms with Crippen LogP contribution in [0, 0.1) is 17.8 Å². The summed E-state index contributed by atoms with van der Waals surface area (Å²) in [7, 11) is 0. The number of carboxylic acids is 2. The van der Waals surface area contributed by atoms with Gasteiger partial charge in [0.25, 0.3) is 0 Å². The molecule has 0 heterocycles. The molecule has 0 aliphatic heterocycles. The van der Waals surface area contributed by atoms with Crippen LogP contribution in [-0.4, -0.2) is 70.1 Å². The lowest BCUT2D eigenvalue weighted by Gasteiger charge is -2.23. The molecule has 0 aliphatic rings. The first-order chi connectivity index (χ1) is 24.7. The molecule has 0 saturated heterocycles. The second-order valence-corrected chi connectivity index (χ2v) is 14.5. The number of carbonyl (C=O) groups excluding carboxylic acids is 5. The molecule has 2 amide bonds. The largest absolute Gasteiger partial charge is 0.481 e. The Labute approximate surface area is 311 Å². The van der Waals surface area contributed by atoms with E-state index in [9.17, 15) is 38.7 Å². The molecule has 4 N–H and O–H groups in total. The Morgan fingerprint density at radius 2 is 1.21 bits per heavy atom. The van der Waals surface area contributed by atoms with Gasteiger partial charge in [-0.25, -0.2) is 9.18 Å². The first kappa shape index (κ1) is 48.8. The Kier molecular flexibility index (Phi) is 28.4. The number of Topliss-reactive ketones (excluding diaryl/α,β-unsaturated/α-hetero) is 3. The number of ketones is 3. The van der Waals surface area contributed by atoms with Crippen LogP contribution in [0.3, 0.4) is 0 Å². The molecule has 300 valence electrons. The maximum absolute atomic E-state index is 15.1. The third kappa shape index (κ3) is 24.1. The van der Waals surface area contributed by atoms with E-state index in [1.807, 2.05) is 0 Å². The lowest BCUT2D eigenvalue weighted by Crippen LogP contribution is -2.41. The minimum absolute atomic E-state index is 0.0574. The van der Waals surface area contributed by atoms with Crippen LogP contribution in [0.1, 0.15) is 175 Å². The van der Waals surface area contributed by atoms with Crippen LogP contribution in [0.4, 0.5) is 4.39 Å². The van der Waals surface area contributed by atoms with E-state index in [0.717, 1.165) is 19.3 Å². The van der Waals surface area contributed by atoms with Crippen molar-refractivity contribution in [3.05, 3.63) is 0 Å². The third-order valence-corrected chi connectivity index (χ3v) is 9.93. The van der Waals surface area contributed by atoms with E-state index >= 15 is 4.39 Å². The average Bonchev–Trinajstić information content (AvgIpc) is 3.10. The van der Waals surface area contributed by atoms with Crippen molar-refractivity contribution in [1.29, 1.82) is 0 Å². The highest BCUT2D eigenvalue weighted by atomic mass is 19.1. The summed E-state index contributed by atoms with van der Waals surface area (Å²) >= 11 is 0. The molecule has 52 heavy (non-hydrogen) atoms. The van der Waals surface area contributed by atoms with Gasteiger partial charge in [0.2, 0.25) is 11.8 Å². The van der Waals surface area contributed by atoms with Crippen LogP contribution < -0.4 is 10.6 Å². The molecule has 0 fully saturated rings. The van der Waals surface area contributed by atoms with Gasteiger partial charge in [-0.05, 0) is 45.4 Å². The van der Waals surface area contributed by atoms with Crippen LogP contribution in [-0.2, 0) is 33.6 Å². The zero-order chi connectivity index (χ0) is 39.3. The lowest BCUT2D eigenvalue weighted by atomic mass is 9.82. The summed E-state index contributed by atoms with van der Waals surface area (Å²) in [6.07, 6.45) is 13.8. The highest BCUT2D eigenvalue weighted by molar-refractivity contribution is 5.94. The van der Waals surface area contributed by atoms with Crippen LogP contribution >= 0.6 is 0 Å². The Balaban J connectivity index is 4.46. The molecule has 1 unspecified atom stereocenters. The van der Waals surface area contributed by atoms with E-state index in [0.29, 0.717) is 25.7 Å². The number of amides is 2. The van der Waals surface area contributed by atoms with Crippen molar-refractivity contribution < 1.29 is 48.2 Å². The number of unbranched alkanes of at least 4 members (excludes halogenated alkanes) is 13. The number of carboxylic acid groups (broad SMARTS) is 2. The molecule has 0 aliphatic carbocycles. The number of hydrogen-bond acceptors (Lipinski definition) is 7. The summed E-state index contributed by atoms with van der Waals surface area (Å²) in [5.41, 5.74) is 0. The molecule has 0 aromatic rings. The zero-order valence-electron chi connectivity index (χ0n) is 32.5. The van der Waals surface area contributed by atoms with Gasteiger partial charge in [0.05, 0.1) is 5.92 Å². The summed E-state index contributed by atoms with van der Waals surface area (Å²) in [5.74, 6) is -7.61. The van der Waals surface area contributed by atoms with Gasteiger partial charge in [0.15, 0.2) is 12.0 Å². The van der Waals surface area contributed by atoms with Gasteiger partial charge in [-0.1, -0.05) is 104 Å². The Morgan fingerprint density at radius 3 is 1.71 bits per heavy atom. The van der Waals surface area contributed by atoms with Crippen molar-refractivity contribution in [2.24, 2.45) is 17.8 Å². The van der Waals surface area contributed by atoms with Crippen LogP contribution in [0.2, 0.25) is 0 Å². The molecule has 11 nitrogen and oxygen atoms in total. The van der Waals surface area contributed by atoms with Crippen molar-refractivity contribution in [2.45, 2.75) is 188 Å². The first-order valence-corrected chi connectivity index (χ1v) is 20.0. The Hall–Kier alpha value is -3.18. The fourth-order valence-corrected chi connectivity index (χ4v) is 6.20. The van der Waals surface area contributed by atoms with Gasteiger partial charge in [-0.3, -0.25) is 28.8 Å². The number of rotatable bonds is 35. The topological polar surface area (TPSA) is 184 Å². The van der Waals surface area contributed by atoms with Gasteiger partial charge in [0, 0.05) is 44.1 Å². The summed E-state index contributed by atoms with van der Waals surface area (Å²) in [4.78, 5) is 85.3. The number of aliphatic carboxylic acids is 2. The number of alkyl halides is 1. The van der Waals surface area contributed by atoms with Gasteiger partial charge in [-0.15, -0.1) is 0 Å². The van der Waals surface area contributed by atoms with Gasteiger partial charge < -0.3 is 20.8 Å². The van der Waals surface area contributed by atoms with E-state index in [1.165, 1.54) is 64.7 Å². The molecule has 12 heteroatoms. The SMILES string of the molecule is CCCCCCCCCCCCCCCC(=O)NC(CCC(=O)NCCCC[C@H](CC(=O)[C@H](CCC(=O)O)[C@H](F)C(=O)[C@H](C)CC)C(C)=O)C(=O)O. The van der Waals surface area contributed by atoms with Gasteiger partial charge >= 0.3 is 11.9 Å². The van der Waals surface area contributed by atoms with Gasteiger partial charge in [0.1, 0.15) is 17.6 Å². The second-order valence-electron chi connectivity index (χ2n) is 14.5. The summed E-state index contributed by atoms with van der Waals surface area (Å²) in [5, 5.41) is 23.8. The molecular weight excluding hydrogens is 671 g/mol. The van der Waals surface area contributed by atoms with Crippen molar-refractivity contribution in [3.63, 3.8) is 0 Å². The molecule has 0 aromatic heterocycles. The number of halogens is 1. The fraction of sp³-hybridized carbons (Fsp3) is 0.825. The maximum atomic E-state index is 15.1. The monoisotopic (exact) mass is 740 g/mol. The predicted molar refractivity (Wildman–Crippen MR) is 199 cm³/mol. The number of hydrogen-bond donors (Lipinski definition) is 4. The summed E-state index contributed by atoms with van der Waals surface area (Å²) < 4.78 is 15.1. The van der Waals surface area contributed by atoms with E-state index in [-0.39, 0.29) is 62.7 Å². The third-order valence-electron chi connectivity index (χ3n) is 9.93. The Morgan fingerprint density at radius 1 is 0.654 bits per heavy atom. The minimum atomic E-state index is -2.14. The number of nitrogens with one attached hydrogen (secondary N) is 2. The van der Waals surface area contributed by atoms with Crippen molar-refractivity contribution in [1.82, 2.24) is 10.6 Å². The smallest absolute Gasteiger partial charge is 0.326 e. The van der Waals surface area contributed by atoms with Crippen LogP contribution in [0.5, 0.6) is 0 Å². The fourth-order valence-electron chi connectivity index (χ4n) is 6.20. The van der Waals surface area contributed by atoms with Crippen molar-refractivity contribution in [2.75, 3.05) is 6.54 Å². The summed E-state index contributed by atoms with van der Waals surface area (Å²) in [6, 6.07) is -1.17. The predicted octanol–water partition coefficient (Wildman–Crippen LogP) is 7.70. The molecule has 5 atom stereocenters. The first-order valence-electron chi connectivity index (χ1n) is 20.0. The second kappa shape index (κ2) is 30.3. The molecule has 0 rings (SSSR count). The molecular formula is C40H69FN2O9. The highest BCUT2D eigenvalue weighted by Crippen LogP contribution is 2.26. The molecule has 0 bridgehead atoms. The van der Waals surface area contributed by atoms with Crippen molar-refractivity contribution >= 4 is 41.1 Å². The normalized spacial score (nSPS) is 14.1.